The summed E-state index contributed by atoms with van der Waals surface area (Å²) < 4.78 is 5.47. The Morgan fingerprint density at radius 1 is 1.00 bits per heavy atom. The molecular formula is C22H26N6O. The second kappa shape index (κ2) is 8.77. The molecule has 1 aromatic heterocycles. The van der Waals surface area contributed by atoms with Crippen LogP contribution >= 0.6 is 0 Å². The molecule has 0 saturated carbocycles. The van der Waals surface area contributed by atoms with E-state index < -0.39 is 0 Å². The molecule has 0 bridgehead atoms. The lowest BCUT2D eigenvalue weighted by Crippen LogP contribution is -2.47. The molecule has 1 saturated heterocycles. The van der Waals surface area contributed by atoms with Crippen LogP contribution in [0.2, 0.25) is 0 Å². The predicted molar refractivity (Wildman–Crippen MR) is 116 cm³/mol. The van der Waals surface area contributed by atoms with Gasteiger partial charge >= 0.3 is 0 Å². The van der Waals surface area contributed by atoms with E-state index in [1.165, 1.54) is 11.3 Å². The highest BCUT2D eigenvalue weighted by Gasteiger charge is 2.19. The zero-order valence-electron chi connectivity index (χ0n) is 16.9. The minimum atomic E-state index is 0.493. The lowest BCUT2D eigenvalue weighted by atomic mass is 10.2. The Hall–Kier alpha value is -3.35. The first-order valence-electron chi connectivity index (χ1n) is 9.97. The molecule has 0 aliphatic carbocycles. The maximum atomic E-state index is 5.47. The molecule has 1 fully saturated rings. The number of rotatable bonds is 6. The van der Waals surface area contributed by atoms with E-state index in [2.05, 4.69) is 61.5 Å². The van der Waals surface area contributed by atoms with Crippen LogP contribution < -0.4 is 19.9 Å². The van der Waals surface area contributed by atoms with Crippen molar-refractivity contribution in [3.63, 3.8) is 0 Å². The van der Waals surface area contributed by atoms with Gasteiger partial charge < -0.3 is 19.9 Å². The van der Waals surface area contributed by atoms with Crippen molar-refractivity contribution in [2.75, 3.05) is 47.9 Å². The van der Waals surface area contributed by atoms with Crippen LogP contribution in [-0.4, -0.2) is 48.0 Å². The fraction of sp³-hybridized carbons (Fsp3) is 0.318. The van der Waals surface area contributed by atoms with Crippen LogP contribution in [0.4, 0.5) is 23.1 Å². The SMILES string of the molecule is CCOc1ccc(Nc2nncc(N3CCN(c4cccc(C)c4)CC3)n2)cc1. The van der Waals surface area contributed by atoms with Gasteiger partial charge in [0.2, 0.25) is 5.95 Å². The molecule has 1 aliphatic heterocycles. The van der Waals surface area contributed by atoms with E-state index in [0.717, 1.165) is 43.4 Å². The number of ether oxygens (including phenoxy) is 1. The number of aromatic nitrogens is 3. The summed E-state index contributed by atoms with van der Waals surface area (Å²) in [7, 11) is 0. The highest BCUT2D eigenvalue weighted by Crippen LogP contribution is 2.22. The molecular weight excluding hydrogens is 364 g/mol. The predicted octanol–water partition coefficient (Wildman–Crippen LogP) is 3.65. The Morgan fingerprint density at radius 3 is 2.48 bits per heavy atom. The summed E-state index contributed by atoms with van der Waals surface area (Å²) in [5.74, 6) is 2.18. The van der Waals surface area contributed by atoms with E-state index in [-0.39, 0.29) is 0 Å². The summed E-state index contributed by atoms with van der Waals surface area (Å²) >= 11 is 0. The van der Waals surface area contributed by atoms with E-state index in [9.17, 15) is 0 Å². The fourth-order valence-corrected chi connectivity index (χ4v) is 3.45. The van der Waals surface area contributed by atoms with Gasteiger partial charge in [-0.1, -0.05) is 12.1 Å². The summed E-state index contributed by atoms with van der Waals surface area (Å²) in [5, 5.41) is 11.5. The fourth-order valence-electron chi connectivity index (χ4n) is 3.45. The Labute approximate surface area is 171 Å². The Bertz CT molecular complexity index is 938. The number of hydrogen-bond donors (Lipinski definition) is 1. The van der Waals surface area contributed by atoms with Crippen molar-refractivity contribution < 1.29 is 4.74 Å². The summed E-state index contributed by atoms with van der Waals surface area (Å²) in [6.45, 7) is 8.45. The highest BCUT2D eigenvalue weighted by molar-refractivity contribution is 5.56. The third-order valence-corrected chi connectivity index (χ3v) is 4.94. The van der Waals surface area contributed by atoms with Crippen molar-refractivity contribution in [1.82, 2.24) is 15.2 Å². The molecule has 0 amide bonds. The first-order valence-corrected chi connectivity index (χ1v) is 9.97. The van der Waals surface area contributed by atoms with Crippen molar-refractivity contribution in [3.05, 3.63) is 60.3 Å². The number of piperazine rings is 1. The lowest BCUT2D eigenvalue weighted by Gasteiger charge is -2.36. The molecule has 1 N–H and O–H groups in total. The molecule has 1 aliphatic rings. The summed E-state index contributed by atoms with van der Waals surface area (Å²) in [6, 6.07) is 16.4. The van der Waals surface area contributed by atoms with Crippen LogP contribution in [-0.2, 0) is 0 Å². The second-order valence-corrected chi connectivity index (χ2v) is 7.03. The molecule has 0 radical (unpaired) electrons. The highest BCUT2D eigenvalue weighted by atomic mass is 16.5. The average molecular weight is 390 g/mol. The van der Waals surface area contributed by atoms with Crippen LogP contribution in [0.15, 0.2) is 54.7 Å². The summed E-state index contributed by atoms with van der Waals surface area (Å²) in [6.07, 6.45) is 1.73. The minimum absolute atomic E-state index is 0.493. The van der Waals surface area contributed by atoms with Gasteiger partial charge in [-0.25, -0.2) is 0 Å². The summed E-state index contributed by atoms with van der Waals surface area (Å²) in [5.41, 5.74) is 3.47. The molecule has 7 heteroatoms. The van der Waals surface area contributed by atoms with Crippen LogP contribution in [0.25, 0.3) is 0 Å². The maximum Gasteiger partial charge on any atom is 0.249 e. The Balaban J connectivity index is 1.39. The van der Waals surface area contributed by atoms with Gasteiger partial charge in [-0.15, -0.1) is 5.10 Å². The van der Waals surface area contributed by atoms with E-state index in [4.69, 9.17) is 4.74 Å². The molecule has 29 heavy (non-hydrogen) atoms. The van der Waals surface area contributed by atoms with Gasteiger partial charge in [0.15, 0.2) is 5.82 Å². The maximum absolute atomic E-state index is 5.47. The molecule has 0 spiro atoms. The molecule has 3 aromatic rings. The van der Waals surface area contributed by atoms with Crippen molar-refractivity contribution in [2.45, 2.75) is 13.8 Å². The molecule has 150 valence electrons. The molecule has 0 unspecified atom stereocenters. The molecule has 7 nitrogen and oxygen atoms in total. The number of hydrogen-bond acceptors (Lipinski definition) is 7. The third-order valence-electron chi connectivity index (χ3n) is 4.94. The van der Waals surface area contributed by atoms with E-state index >= 15 is 0 Å². The average Bonchev–Trinajstić information content (AvgIpc) is 2.76. The van der Waals surface area contributed by atoms with Gasteiger partial charge in [-0.3, -0.25) is 0 Å². The normalized spacial score (nSPS) is 14.0. The second-order valence-electron chi connectivity index (χ2n) is 7.03. The van der Waals surface area contributed by atoms with Crippen molar-refractivity contribution >= 4 is 23.1 Å². The largest absolute Gasteiger partial charge is 0.494 e. The van der Waals surface area contributed by atoms with Gasteiger partial charge in [-0.05, 0) is 55.8 Å². The first kappa shape index (κ1) is 19.0. The first-order chi connectivity index (χ1) is 14.2. The minimum Gasteiger partial charge on any atom is -0.494 e. The van der Waals surface area contributed by atoms with E-state index in [0.29, 0.717) is 12.6 Å². The van der Waals surface area contributed by atoms with Crippen LogP contribution in [0.5, 0.6) is 5.75 Å². The lowest BCUT2D eigenvalue weighted by molar-refractivity contribution is 0.340. The van der Waals surface area contributed by atoms with Crippen LogP contribution in [0.3, 0.4) is 0 Å². The van der Waals surface area contributed by atoms with E-state index in [1.807, 2.05) is 31.2 Å². The third kappa shape index (κ3) is 4.74. The molecule has 2 heterocycles. The number of nitrogens with zero attached hydrogens (tertiary/aromatic N) is 5. The zero-order chi connectivity index (χ0) is 20.1. The quantitative estimate of drug-likeness (QED) is 0.689. The van der Waals surface area contributed by atoms with Crippen LogP contribution in [0, 0.1) is 6.92 Å². The van der Waals surface area contributed by atoms with Gasteiger partial charge in [0, 0.05) is 37.6 Å². The van der Waals surface area contributed by atoms with Gasteiger partial charge in [0.05, 0.1) is 12.8 Å². The number of benzene rings is 2. The zero-order valence-corrected chi connectivity index (χ0v) is 16.9. The standard InChI is InChI=1S/C22H26N6O/c1-3-29-20-9-7-18(8-10-20)24-22-25-21(16-23-26-22)28-13-11-27(12-14-28)19-6-4-5-17(2)15-19/h4-10,15-16H,3,11-14H2,1-2H3,(H,24,25,26). The van der Waals surface area contributed by atoms with Crippen molar-refractivity contribution in [2.24, 2.45) is 0 Å². The Morgan fingerprint density at radius 2 is 1.76 bits per heavy atom. The topological polar surface area (TPSA) is 66.4 Å². The number of nitrogens with one attached hydrogen (secondary N) is 1. The van der Waals surface area contributed by atoms with Crippen molar-refractivity contribution in [1.29, 1.82) is 0 Å². The monoisotopic (exact) mass is 390 g/mol. The summed E-state index contributed by atoms with van der Waals surface area (Å²) in [4.78, 5) is 9.32. The van der Waals surface area contributed by atoms with Gasteiger partial charge in [0.1, 0.15) is 5.75 Å². The van der Waals surface area contributed by atoms with Gasteiger partial charge in [-0.2, -0.15) is 10.1 Å². The van der Waals surface area contributed by atoms with E-state index in [1.54, 1.807) is 6.20 Å². The smallest absolute Gasteiger partial charge is 0.249 e. The molecule has 4 rings (SSSR count). The van der Waals surface area contributed by atoms with Gasteiger partial charge in [0.25, 0.3) is 0 Å². The number of aryl methyl sites for hydroxylation is 1. The van der Waals surface area contributed by atoms with Crippen LogP contribution in [0.1, 0.15) is 12.5 Å². The molecule has 2 aromatic carbocycles. The van der Waals surface area contributed by atoms with Crippen molar-refractivity contribution in [3.8, 4) is 5.75 Å². The molecule has 0 atom stereocenters. The Kier molecular flexibility index (Phi) is 5.74. The number of anilines is 4.